The molecule has 2 aromatic carbocycles. The molecule has 0 saturated carbocycles. The van der Waals surface area contributed by atoms with Crippen molar-refractivity contribution in [1.82, 2.24) is 5.32 Å². The lowest BCUT2D eigenvalue weighted by molar-refractivity contribution is -0.117. The molecule has 2 rings (SSSR count). The largest absolute Gasteiger partial charge is 0.489 e. The van der Waals surface area contributed by atoms with Gasteiger partial charge in [0, 0.05) is 16.6 Å². The van der Waals surface area contributed by atoms with Gasteiger partial charge in [0.2, 0.25) is 0 Å². The van der Waals surface area contributed by atoms with Crippen LogP contribution in [0.2, 0.25) is 5.02 Å². The summed E-state index contributed by atoms with van der Waals surface area (Å²) < 4.78 is 5.72. The minimum Gasteiger partial charge on any atom is -0.489 e. The summed E-state index contributed by atoms with van der Waals surface area (Å²) in [5, 5.41) is 12.7. The van der Waals surface area contributed by atoms with E-state index in [0.29, 0.717) is 17.4 Å². The molecular formula is C21H21ClN2O2. The molecule has 0 aromatic heterocycles. The molecule has 0 aliphatic heterocycles. The number of carbonyl (C=O) groups is 1. The van der Waals surface area contributed by atoms with Crippen LogP contribution < -0.4 is 10.1 Å². The van der Waals surface area contributed by atoms with E-state index in [0.717, 1.165) is 17.5 Å². The highest BCUT2D eigenvalue weighted by molar-refractivity contribution is 6.31. The van der Waals surface area contributed by atoms with Crippen LogP contribution in [0.15, 0.2) is 54.1 Å². The van der Waals surface area contributed by atoms with Gasteiger partial charge in [-0.2, -0.15) is 5.26 Å². The highest BCUT2D eigenvalue weighted by Gasteiger charge is 2.11. The molecule has 0 radical (unpaired) electrons. The molecule has 0 aliphatic carbocycles. The van der Waals surface area contributed by atoms with Crippen LogP contribution in [0.5, 0.6) is 5.75 Å². The Morgan fingerprint density at radius 1 is 1.27 bits per heavy atom. The first-order valence-corrected chi connectivity index (χ1v) is 8.80. The van der Waals surface area contributed by atoms with Crippen molar-refractivity contribution >= 4 is 23.6 Å². The van der Waals surface area contributed by atoms with Gasteiger partial charge in [-0.25, -0.2) is 0 Å². The number of nitrogens with one attached hydrogen (secondary N) is 1. The Morgan fingerprint density at radius 2 is 1.96 bits per heavy atom. The van der Waals surface area contributed by atoms with Crippen LogP contribution in [0.4, 0.5) is 0 Å². The highest BCUT2D eigenvalue weighted by atomic mass is 35.5. The normalized spacial score (nSPS) is 12.2. The summed E-state index contributed by atoms with van der Waals surface area (Å²) >= 11 is 6.11. The van der Waals surface area contributed by atoms with E-state index in [1.54, 1.807) is 30.3 Å². The topological polar surface area (TPSA) is 62.1 Å². The molecule has 2 aromatic rings. The van der Waals surface area contributed by atoms with E-state index in [9.17, 15) is 10.1 Å². The number of nitriles is 1. The van der Waals surface area contributed by atoms with E-state index in [1.165, 1.54) is 0 Å². The Balaban J connectivity index is 2.02. The maximum Gasteiger partial charge on any atom is 0.262 e. The second-order valence-corrected chi connectivity index (χ2v) is 6.31. The molecule has 5 heteroatoms. The third kappa shape index (κ3) is 5.65. The standard InChI is InChI=1S/C21H21ClN2O2/c1-3-15(2)24-21(25)18(13-23)12-16-8-10-19(11-9-16)26-14-17-6-4-5-7-20(17)22/h4-12,15H,3,14H2,1-2H3,(H,24,25)/b18-12+/t15-/m0/s1. The summed E-state index contributed by atoms with van der Waals surface area (Å²) in [6.45, 7) is 4.25. The second kappa shape index (κ2) is 9.65. The van der Waals surface area contributed by atoms with E-state index in [2.05, 4.69) is 5.32 Å². The third-order valence-electron chi connectivity index (χ3n) is 3.90. The fraction of sp³-hybridized carbons (Fsp3) is 0.238. The molecule has 0 heterocycles. The summed E-state index contributed by atoms with van der Waals surface area (Å²) in [5.41, 5.74) is 1.74. The van der Waals surface area contributed by atoms with Crippen molar-refractivity contribution in [2.24, 2.45) is 0 Å². The lowest BCUT2D eigenvalue weighted by Gasteiger charge is -2.10. The van der Waals surface area contributed by atoms with Gasteiger partial charge in [-0.1, -0.05) is 48.9 Å². The number of nitrogens with zero attached hydrogens (tertiary/aromatic N) is 1. The van der Waals surface area contributed by atoms with Crippen molar-refractivity contribution in [2.45, 2.75) is 32.9 Å². The van der Waals surface area contributed by atoms with Crippen LogP contribution in [-0.4, -0.2) is 11.9 Å². The average molecular weight is 369 g/mol. The van der Waals surface area contributed by atoms with E-state index in [4.69, 9.17) is 16.3 Å². The van der Waals surface area contributed by atoms with E-state index in [-0.39, 0.29) is 17.5 Å². The van der Waals surface area contributed by atoms with Gasteiger partial charge in [-0.15, -0.1) is 0 Å². The lowest BCUT2D eigenvalue weighted by atomic mass is 10.1. The van der Waals surface area contributed by atoms with Crippen LogP contribution in [0.1, 0.15) is 31.4 Å². The maximum absolute atomic E-state index is 12.1. The van der Waals surface area contributed by atoms with Gasteiger partial charge in [0.05, 0.1) is 0 Å². The third-order valence-corrected chi connectivity index (χ3v) is 4.27. The molecule has 0 bridgehead atoms. The van der Waals surface area contributed by atoms with Crippen LogP contribution >= 0.6 is 11.6 Å². The fourth-order valence-corrected chi connectivity index (χ4v) is 2.35. The first-order chi connectivity index (χ1) is 12.5. The van der Waals surface area contributed by atoms with Crippen molar-refractivity contribution in [3.8, 4) is 11.8 Å². The molecule has 0 unspecified atom stereocenters. The van der Waals surface area contributed by atoms with Gasteiger partial charge < -0.3 is 10.1 Å². The smallest absolute Gasteiger partial charge is 0.262 e. The van der Waals surface area contributed by atoms with Gasteiger partial charge in [0.1, 0.15) is 24.0 Å². The molecule has 1 atom stereocenters. The Hall–Kier alpha value is -2.77. The van der Waals surface area contributed by atoms with Gasteiger partial charge in [0.15, 0.2) is 0 Å². The van der Waals surface area contributed by atoms with Crippen molar-refractivity contribution in [3.63, 3.8) is 0 Å². The molecule has 1 N–H and O–H groups in total. The molecule has 1 amide bonds. The van der Waals surface area contributed by atoms with E-state index >= 15 is 0 Å². The zero-order chi connectivity index (χ0) is 18.9. The highest BCUT2D eigenvalue weighted by Crippen LogP contribution is 2.19. The molecule has 0 spiro atoms. The van der Waals surface area contributed by atoms with Gasteiger partial charge in [-0.05, 0) is 43.2 Å². The van der Waals surface area contributed by atoms with Gasteiger partial charge in [-0.3, -0.25) is 4.79 Å². The summed E-state index contributed by atoms with van der Waals surface area (Å²) in [5.74, 6) is 0.325. The quantitative estimate of drug-likeness (QED) is 0.567. The zero-order valence-electron chi connectivity index (χ0n) is 14.8. The summed E-state index contributed by atoms with van der Waals surface area (Å²) in [4.78, 5) is 12.1. The fourth-order valence-electron chi connectivity index (χ4n) is 2.16. The number of hydrogen-bond donors (Lipinski definition) is 1. The maximum atomic E-state index is 12.1. The van der Waals surface area contributed by atoms with Crippen LogP contribution in [0.25, 0.3) is 6.08 Å². The molecule has 0 fully saturated rings. The SMILES string of the molecule is CC[C@H](C)NC(=O)/C(C#N)=C/c1ccc(OCc2ccccc2Cl)cc1. The van der Waals surface area contributed by atoms with Crippen molar-refractivity contribution in [2.75, 3.05) is 0 Å². The number of benzene rings is 2. The molecular weight excluding hydrogens is 348 g/mol. The number of amides is 1. The van der Waals surface area contributed by atoms with Crippen LogP contribution in [0, 0.1) is 11.3 Å². The predicted octanol–water partition coefficient (Wildman–Crippen LogP) is 4.74. The number of halogens is 1. The van der Waals surface area contributed by atoms with E-state index in [1.807, 2.05) is 44.2 Å². The van der Waals surface area contributed by atoms with Crippen LogP contribution in [0.3, 0.4) is 0 Å². The van der Waals surface area contributed by atoms with E-state index < -0.39 is 0 Å². The molecule has 26 heavy (non-hydrogen) atoms. The molecule has 0 aliphatic rings. The zero-order valence-corrected chi connectivity index (χ0v) is 15.6. The number of ether oxygens (including phenoxy) is 1. The predicted molar refractivity (Wildman–Crippen MR) is 104 cm³/mol. The number of hydrogen-bond acceptors (Lipinski definition) is 3. The molecule has 4 nitrogen and oxygen atoms in total. The average Bonchev–Trinajstić information content (AvgIpc) is 2.66. The number of rotatable bonds is 7. The summed E-state index contributed by atoms with van der Waals surface area (Å²) in [7, 11) is 0. The minimum absolute atomic E-state index is 0.0276. The molecule has 134 valence electrons. The summed E-state index contributed by atoms with van der Waals surface area (Å²) in [6.07, 6.45) is 2.37. The van der Waals surface area contributed by atoms with Crippen molar-refractivity contribution in [1.29, 1.82) is 5.26 Å². The Labute approximate surface area is 159 Å². The Morgan fingerprint density at radius 3 is 2.58 bits per heavy atom. The van der Waals surface area contributed by atoms with Crippen LogP contribution in [-0.2, 0) is 11.4 Å². The summed E-state index contributed by atoms with van der Waals surface area (Å²) in [6, 6.07) is 16.7. The monoisotopic (exact) mass is 368 g/mol. The first-order valence-electron chi connectivity index (χ1n) is 8.42. The van der Waals surface area contributed by atoms with Crippen molar-refractivity contribution in [3.05, 3.63) is 70.3 Å². The minimum atomic E-state index is -0.360. The Kier molecular flexibility index (Phi) is 7.25. The lowest BCUT2D eigenvalue weighted by Crippen LogP contribution is -2.32. The second-order valence-electron chi connectivity index (χ2n) is 5.90. The molecule has 0 saturated heterocycles. The van der Waals surface area contributed by atoms with Crippen molar-refractivity contribution < 1.29 is 9.53 Å². The Bertz CT molecular complexity index is 823. The van der Waals surface area contributed by atoms with Gasteiger partial charge in [0.25, 0.3) is 5.91 Å². The van der Waals surface area contributed by atoms with Gasteiger partial charge >= 0.3 is 0 Å². The first kappa shape index (κ1) is 19.6. The number of carbonyl (C=O) groups excluding carboxylic acids is 1.